The number of hydrogen-bond acceptors (Lipinski definition) is 2. The van der Waals surface area contributed by atoms with E-state index in [1.54, 1.807) is 0 Å². The molecule has 2 heterocycles. The van der Waals surface area contributed by atoms with E-state index in [4.69, 9.17) is 5.73 Å². The molecule has 2 aromatic heterocycles. The highest BCUT2D eigenvalue weighted by Gasteiger charge is 2.08. The fourth-order valence-electron chi connectivity index (χ4n) is 2.60. The summed E-state index contributed by atoms with van der Waals surface area (Å²) in [7, 11) is 0. The van der Waals surface area contributed by atoms with E-state index in [-0.39, 0.29) is 0 Å². The number of aromatic nitrogens is 3. The lowest BCUT2D eigenvalue weighted by atomic mass is 10.2. The molecule has 0 aliphatic carbocycles. The van der Waals surface area contributed by atoms with E-state index >= 15 is 0 Å². The maximum absolute atomic E-state index is 5.90. The van der Waals surface area contributed by atoms with Gasteiger partial charge in [-0.1, -0.05) is 13.0 Å². The minimum Gasteiger partial charge on any atom is -0.399 e. The van der Waals surface area contributed by atoms with Crippen LogP contribution in [0.3, 0.4) is 0 Å². The maximum atomic E-state index is 5.90. The normalized spacial score (nSPS) is 11.3. The predicted octanol–water partition coefficient (Wildman–Crippen LogP) is 3.05. The highest BCUT2D eigenvalue weighted by atomic mass is 15.3. The Morgan fingerprint density at radius 1 is 1.15 bits per heavy atom. The molecule has 0 spiro atoms. The van der Waals surface area contributed by atoms with Crippen LogP contribution in [0.5, 0.6) is 0 Å². The number of fused-ring (bicyclic) bond motifs is 1. The molecule has 0 amide bonds. The van der Waals surface area contributed by atoms with Gasteiger partial charge in [0.25, 0.3) is 0 Å². The Bertz CT molecular complexity index is 736. The summed E-state index contributed by atoms with van der Waals surface area (Å²) in [5.41, 5.74) is 10.3. The van der Waals surface area contributed by atoms with Crippen LogP contribution >= 0.6 is 0 Å². The summed E-state index contributed by atoms with van der Waals surface area (Å²) in [6, 6.07) is 10.4. The van der Waals surface area contributed by atoms with E-state index in [0.717, 1.165) is 30.9 Å². The molecule has 2 N–H and O–H groups in total. The summed E-state index contributed by atoms with van der Waals surface area (Å²) >= 11 is 0. The Labute approximate surface area is 118 Å². The number of nitrogens with zero attached hydrogens (tertiary/aromatic N) is 3. The third-order valence-electron chi connectivity index (χ3n) is 3.71. The molecule has 4 heteroatoms. The molecule has 0 aliphatic rings. The lowest BCUT2D eigenvalue weighted by Crippen LogP contribution is -2.07. The second-order valence-corrected chi connectivity index (χ2v) is 5.06. The third-order valence-corrected chi connectivity index (χ3v) is 3.71. The first kappa shape index (κ1) is 12.8. The average molecular weight is 268 g/mol. The molecule has 0 bridgehead atoms. The minimum atomic E-state index is 0.802. The Morgan fingerprint density at radius 2 is 2.00 bits per heavy atom. The van der Waals surface area contributed by atoms with Gasteiger partial charge < -0.3 is 10.3 Å². The number of nitrogens with two attached hydrogens (primary N) is 1. The first-order chi connectivity index (χ1) is 9.71. The molecule has 0 aliphatic heterocycles. The van der Waals surface area contributed by atoms with Crippen molar-refractivity contribution in [1.82, 2.24) is 14.3 Å². The molecule has 20 heavy (non-hydrogen) atoms. The van der Waals surface area contributed by atoms with Gasteiger partial charge in [0.2, 0.25) is 0 Å². The molecule has 0 radical (unpaired) electrons. The number of hydrogen-bond donors (Lipinski definition) is 1. The summed E-state index contributed by atoms with van der Waals surface area (Å²) in [5.74, 6) is 0. The van der Waals surface area contributed by atoms with Crippen molar-refractivity contribution in [2.75, 3.05) is 5.73 Å². The highest BCUT2D eigenvalue weighted by Crippen LogP contribution is 2.20. The SMILES string of the molecule is CCc1cc(Cn2ccc3ccc(N)cc32)n(CC)n1. The van der Waals surface area contributed by atoms with E-state index in [1.807, 2.05) is 12.1 Å². The van der Waals surface area contributed by atoms with E-state index in [0.29, 0.717) is 0 Å². The Morgan fingerprint density at radius 3 is 2.75 bits per heavy atom. The third kappa shape index (κ3) is 2.18. The Kier molecular flexibility index (Phi) is 3.22. The van der Waals surface area contributed by atoms with Gasteiger partial charge in [0, 0.05) is 18.4 Å². The van der Waals surface area contributed by atoms with Gasteiger partial charge in [-0.2, -0.15) is 5.10 Å². The fourth-order valence-corrected chi connectivity index (χ4v) is 2.60. The summed E-state index contributed by atoms with van der Waals surface area (Å²) in [6.07, 6.45) is 3.09. The molecule has 0 atom stereocenters. The van der Waals surface area contributed by atoms with E-state index in [2.05, 4.69) is 52.6 Å². The van der Waals surface area contributed by atoms with Crippen molar-refractivity contribution in [3.8, 4) is 0 Å². The molecule has 1 aromatic carbocycles. The highest BCUT2D eigenvalue weighted by molar-refractivity contribution is 5.83. The quantitative estimate of drug-likeness (QED) is 0.739. The Hall–Kier alpha value is -2.23. The van der Waals surface area contributed by atoms with Crippen molar-refractivity contribution < 1.29 is 0 Å². The van der Waals surface area contributed by atoms with Gasteiger partial charge >= 0.3 is 0 Å². The van der Waals surface area contributed by atoms with E-state index < -0.39 is 0 Å². The second kappa shape index (κ2) is 5.04. The largest absolute Gasteiger partial charge is 0.399 e. The van der Waals surface area contributed by atoms with Crippen molar-refractivity contribution in [3.63, 3.8) is 0 Å². The van der Waals surface area contributed by atoms with Crippen LogP contribution in [0.1, 0.15) is 25.2 Å². The average Bonchev–Trinajstić information content (AvgIpc) is 3.03. The number of anilines is 1. The van der Waals surface area contributed by atoms with Crippen LogP contribution in [0.25, 0.3) is 10.9 Å². The number of aryl methyl sites for hydroxylation is 2. The van der Waals surface area contributed by atoms with E-state index in [1.165, 1.54) is 16.6 Å². The van der Waals surface area contributed by atoms with Crippen molar-refractivity contribution in [2.24, 2.45) is 0 Å². The van der Waals surface area contributed by atoms with Gasteiger partial charge in [0.05, 0.1) is 23.4 Å². The summed E-state index contributed by atoms with van der Waals surface area (Å²) in [4.78, 5) is 0. The zero-order valence-electron chi connectivity index (χ0n) is 12.0. The molecule has 0 unspecified atom stereocenters. The fraction of sp³-hybridized carbons (Fsp3) is 0.312. The molecule has 0 saturated heterocycles. The standard InChI is InChI=1S/C16H20N4/c1-3-14-10-15(20(4-2)18-14)11-19-8-7-12-5-6-13(17)9-16(12)19/h5-10H,3-4,11,17H2,1-2H3. The topological polar surface area (TPSA) is 48.8 Å². The molecular weight excluding hydrogens is 248 g/mol. The molecule has 0 saturated carbocycles. The Balaban J connectivity index is 2.00. The van der Waals surface area contributed by atoms with Crippen LogP contribution in [-0.2, 0) is 19.5 Å². The zero-order valence-corrected chi connectivity index (χ0v) is 12.0. The van der Waals surface area contributed by atoms with Gasteiger partial charge in [-0.3, -0.25) is 4.68 Å². The maximum Gasteiger partial charge on any atom is 0.0645 e. The molecule has 3 aromatic rings. The monoisotopic (exact) mass is 268 g/mol. The number of benzene rings is 1. The van der Waals surface area contributed by atoms with E-state index in [9.17, 15) is 0 Å². The van der Waals surface area contributed by atoms with Crippen LogP contribution in [0.15, 0.2) is 36.5 Å². The van der Waals surface area contributed by atoms with Crippen molar-refractivity contribution in [1.29, 1.82) is 0 Å². The van der Waals surface area contributed by atoms with Gasteiger partial charge in [-0.15, -0.1) is 0 Å². The lowest BCUT2D eigenvalue weighted by molar-refractivity contribution is 0.599. The van der Waals surface area contributed by atoms with Crippen LogP contribution in [0.2, 0.25) is 0 Å². The van der Waals surface area contributed by atoms with Crippen molar-refractivity contribution in [3.05, 3.63) is 47.9 Å². The molecule has 3 rings (SSSR count). The summed E-state index contributed by atoms with van der Waals surface area (Å²) in [5, 5.41) is 5.82. The van der Waals surface area contributed by atoms with Crippen LogP contribution in [0, 0.1) is 0 Å². The zero-order chi connectivity index (χ0) is 14.1. The summed E-state index contributed by atoms with van der Waals surface area (Å²) in [6.45, 7) is 5.99. The first-order valence-electron chi connectivity index (χ1n) is 7.11. The second-order valence-electron chi connectivity index (χ2n) is 5.06. The van der Waals surface area contributed by atoms with Crippen LogP contribution in [0.4, 0.5) is 5.69 Å². The lowest BCUT2D eigenvalue weighted by Gasteiger charge is -2.08. The smallest absolute Gasteiger partial charge is 0.0645 e. The summed E-state index contributed by atoms with van der Waals surface area (Å²) < 4.78 is 4.31. The molecule has 104 valence electrons. The van der Waals surface area contributed by atoms with Crippen LogP contribution in [-0.4, -0.2) is 14.3 Å². The predicted molar refractivity (Wildman–Crippen MR) is 82.7 cm³/mol. The van der Waals surface area contributed by atoms with Gasteiger partial charge in [0.1, 0.15) is 0 Å². The molecular formula is C16H20N4. The van der Waals surface area contributed by atoms with Gasteiger partial charge in [0.15, 0.2) is 0 Å². The number of nitrogen functional groups attached to an aromatic ring is 1. The van der Waals surface area contributed by atoms with Crippen LogP contribution < -0.4 is 5.73 Å². The van der Waals surface area contributed by atoms with Gasteiger partial charge in [-0.05, 0) is 43.0 Å². The van der Waals surface area contributed by atoms with Crippen molar-refractivity contribution >= 4 is 16.6 Å². The molecule has 4 nitrogen and oxygen atoms in total. The number of rotatable bonds is 4. The van der Waals surface area contributed by atoms with Gasteiger partial charge in [-0.25, -0.2) is 0 Å². The molecule has 0 fully saturated rings. The minimum absolute atomic E-state index is 0.802. The first-order valence-corrected chi connectivity index (χ1v) is 7.11. The van der Waals surface area contributed by atoms with Crippen molar-refractivity contribution in [2.45, 2.75) is 33.4 Å².